The monoisotopic (exact) mass is 303 g/mol. The Morgan fingerprint density at radius 3 is 3.00 bits per heavy atom. The topological polar surface area (TPSA) is 62.3 Å². The van der Waals surface area contributed by atoms with Crippen molar-refractivity contribution in [1.29, 1.82) is 0 Å². The van der Waals surface area contributed by atoms with Gasteiger partial charge >= 0.3 is 0 Å². The molecule has 1 aliphatic heterocycles. The highest BCUT2D eigenvalue weighted by Crippen LogP contribution is 2.17. The molecule has 0 aliphatic carbocycles. The lowest BCUT2D eigenvalue weighted by atomic mass is 10.0. The molecule has 2 rings (SSSR count). The van der Waals surface area contributed by atoms with E-state index in [9.17, 15) is 8.42 Å². The van der Waals surface area contributed by atoms with Gasteiger partial charge in [-0.1, -0.05) is 6.92 Å². The number of rotatable bonds is 5. The van der Waals surface area contributed by atoms with Gasteiger partial charge in [-0.15, -0.1) is 11.3 Å². The molecule has 5 nitrogen and oxygen atoms in total. The van der Waals surface area contributed by atoms with E-state index in [-0.39, 0.29) is 0 Å². The fourth-order valence-electron chi connectivity index (χ4n) is 2.29. The molecule has 0 saturated carbocycles. The van der Waals surface area contributed by atoms with E-state index < -0.39 is 10.2 Å². The molecule has 1 fully saturated rings. The lowest BCUT2D eigenvalue weighted by Gasteiger charge is -2.29. The molecule has 0 aromatic carbocycles. The molecule has 1 aliphatic rings. The van der Waals surface area contributed by atoms with Crippen molar-refractivity contribution < 1.29 is 8.42 Å². The largest absolute Gasteiger partial charge is 0.279 e. The number of hydrogen-bond acceptors (Lipinski definition) is 4. The lowest BCUT2D eigenvalue weighted by Crippen LogP contribution is -2.46. The number of aryl methyl sites for hydroxylation is 1. The van der Waals surface area contributed by atoms with Crippen molar-refractivity contribution in [1.82, 2.24) is 14.0 Å². The summed E-state index contributed by atoms with van der Waals surface area (Å²) in [5, 5.41) is 3.00. The van der Waals surface area contributed by atoms with Crippen LogP contribution >= 0.6 is 11.3 Å². The van der Waals surface area contributed by atoms with Crippen LogP contribution in [0.3, 0.4) is 0 Å². The average Bonchev–Trinajstić information content (AvgIpc) is 2.75. The van der Waals surface area contributed by atoms with Crippen LogP contribution in [0.15, 0.2) is 5.38 Å². The zero-order chi connectivity index (χ0) is 13.9. The Balaban J connectivity index is 1.83. The molecule has 108 valence electrons. The zero-order valence-corrected chi connectivity index (χ0v) is 13.1. The highest BCUT2D eigenvalue weighted by molar-refractivity contribution is 7.87. The Hall–Kier alpha value is -0.500. The number of nitrogens with zero attached hydrogens (tertiary/aromatic N) is 2. The number of thiazole rings is 1. The van der Waals surface area contributed by atoms with Gasteiger partial charge < -0.3 is 0 Å². The van der Waals surface area contributed by atoms with E-state index in [1.165, 1.54) is 0 Å². The van der Waals surface area contributed by atoms with Crippen LogP contribution in [0.25, 0.3) is 0 Å². The Labute approximate surface area is 119 Å². The minimum absolute atomic E-state index is 0.413. The fourth-order valence-corrected chi connectivity index (χ4v) is 4.30. The quantitative estimate of drug-likeness (QED) is 0.898. The van der Waals surface area contributed by atoms with E-state index in [2.05, 4.69) is 16.6 Å². The van der Waals surface area contributed by atoms with Crippen LogP contribution in [0.4, 0.5) is 0 Å². The van der Waals surface area contributed by atoms with Gasteiger partial charge in [-0.05, 0) is 25.7 Å². The minimum atomic E-state index is -3.32. The number of aromatic nitrogens is 1. The molecule has 1 aromatic rings. The number of hydrogen-bond donors (Lipinski definition) is 1. The molecule has 0 bridgehead atoms. The Morgan fingerprint density at radius 2 is 2.37 bits per heavy atom. The summed E-state index contributed by atoms with van der Waals surface area (Å²) >= 11 is 1.59. The summed E-state index contributed by atoms with van der Waals surface area (Å²) in [6.45, 7) is 5.73. The summed E-state index contributed by atoms with van der Waals surface area (Å²) < 4.78 is 28.5. The smallest absolute Gasteiger partial charge is 0.247 e. The van der Waals surface area contributed by atoms with E-state index >= 15 is 0 Å². The van der Waals surface area contributed by atoms with Crippen molar-refractivity contribution in [3.05, 3.63) is 16.1 Å². The molecule has 0 spiro atoms. The molecule has 0 radical (unpaired) electrons. The molecule has 0 amide bonds. The van der Waals surface area contributed by atoms with Gasteiger partial charge in [0.2, 0.25) is 0 Å². The minimum Gasteiger partial charge on any atom is -0.247 e. The lowest BCUT2D eigenvalue weighted by molar-refractivity contribution is 0.278. The second kappa shape index (κ2) is 6.30. The first-order chi connectivity index (χ1) is 8.97. The Morgan fingerprint density at radius 1 is 1.58 bits per heavy atom. The van der Waals surface area contributed by atoms with Gasteiger partial charge in [0.25, 0.3) is 10.2 Å². The van der Waals surface area contributed by atoms with Crippen LogP contribution in [0.5, 0.6) is 0 Å². The van der Waals surface area contributed by atoms with Crippen LogP contribution < -0.4 is 4.72 Å². The third kappa shape index (κ3) is 4.24. The average molecular weight is 303 g/mol. The predicted octanol–water partition coefficient (Wildman–Crippen LogP) is 1.56. The first-order valence-electron chi connectivity index (χ1n) is 6.63. The van der Waals surface area contributed by atoms with Crippen molar-refractivity contribution in [2.75, 3.05) is 19.6 Å². The second-order valence-electron chi connectivity index (χ2n) is 5.11. The van der Waals surface area contributed by atoms with E-state index in [1.807, 2.05) is 12.3 Å². The molecule has 1 saturated heterocycles. The summed E-state index contributed by atoms with van der Waals surface area (Å²) in [6.07, 6.45) is 2.71. The van der Waals surface area contributed by atoms with Gasteiger partial charge in [-0.25, -0.2) is 9.71 Å². The van der Waals surface area contributed by atoms with Crippen LogP contribution in [-0.4, -0.2) is 37.3 Å². The first kappa shape index (κ1) is 14.9. The van der Waals surface area contributed by atoms with Crippen LogP contribution in [-0.2, 0) is 16.6 Å². The van der Waals surface area contributed by atoms with Crippen LogP contribution in [0, 0.1) is 12.8 Å². The molecule has 2 heterocycles. The SMILES string of the molecule is Cc1nc(CCNS(=O)(=O)N2CCCC(C)C2)cs1. The molecule has 1 unspecified atom stereocenters. The molecule has 1 atom stereocenters. The zero-order valence-electron chi connectivity index (χ0n) is 11.4. The van der Waals surface area contributed by atoms with Crippen molar-refractivity contribution in [3.8, 4) is 0 Å². The van der Waals surface area contributed by atoms with Crippen molar-refractivity contribution >= 4 is 21.5 Å². The molecule has 19 heavy (non-hydrogen) atoms. The maximum absolute atomic E-state index is 12.1. The molecule has 1 aromatic heterocycles. The van der Waals surface area contributed by atoms with Gasteiger partial charge in [0.15, 0.2) is 0 Å². The summed E-state index contributed by atoms with van der Waals surface area (Å²) in [5.41, 5.74) is 0.956. The van der Waals surface area contributed by atoms with E-state index in [0.29, 0.717) is 32.0 Å². The third-order valence-corrected chi connectivity index (χ3v) is 5.69. The second-order valence-corrected chi connectivity index (χ2v) is 7.93. The Bertz CT molecular complexity index is 513. The standard InChI is InChI=1S/C12H21N3O2S2/c1-10-4-3-7-15(8-10)19(16,17)13-6-5-12-9-18-11(2)14-12/h9-10,13H,3-8H2,1-2H3. The fraction of sp³-hybridized carbons (Fsp3) is 0.750. The maximum Gasteiger partial charge on any atom is 0.279 e. The molecule has 1 N–H and O–H groups in total. The molecular weight excluding hydrogens is 282 g/mol. The normalized spacial score (nSPS) is 21.7. The van der Waals surface area contributed by atoms with E-state index in [0.717, 1.165) is 23.5 Å². The molecule has 7 heteroatoms. The maximum atomic E-state index is 12.1. The van der Waals surface area contributed by atoms with Crippen LogP contribution in [0.1, 0.15) is 30.5 Å². The molecular formula is C12H21N3O2S2. The summed E-state index contributed by atoms with van der Waals surface area (Å²) in [6, 6.07) is 0. The van der Waals surface area contributed by atoms with Crippen LogP contribution in [0.2, 0.25) is 0 Å². The predicted molar refractivity (Wildman–Crippen MR) is 77.4 cm³/mol. The van der Waals surface area contributed by atoms with Crippen molar-refractivity contribution in [2.24, 2.45) is 5.92 Å². The highest BCUT2D eigenvalue weighted by atomic mass is 32.2. The van der Waals surface area contributed by atoms with Crippen molar-refractivity contribution in [2.45, 2.75) is 33.1 Å². The van der Waals surface area contributed by atoms with E-state index in [1.54, 1.807) is 15.6 Å². The number of piperidine rings is 1. The summed E-state index contributed by atoms with van der Waals surface area (Å²) in [7, 11) is -3.32. The third-order valence-electron chi connectivity index (χ3n) is 3.29. The van der Waals surface area contributed by atoms with Gasteiger partial charge in [0.1, 0.15) is 0 Å². The first-order valence-corrected chi connectivity index (χ1v) is 8.95. The Kier molecular flexibility index (Phi) is 4.94. The van der Waals surface area contributed by atoms with Gasteiger partial charge in [-0.3, -0.25) is 0 Å². The van der Waals surface area contributed by atoms with Crippen molar-refractivity contribution in [3.63, 3.8) is 0 Å². The van der Waals surface area contributed by atoms with Gasteiger partial charge in [-0.2, -0.15) is 12.7 Å². The summed E-state index contributed by atoms with van der Waals surface area (Å²) in [4.78, 5) is 4.32. The van der Waals surface area contributed by atoms with E-state index in [4.69, 9.17) is 0 Å². The highest BCUT2D eigenvalue weighted by Gasteiger charge is 2.26. The number of nitrogens with one attached hydrogen (secondary N) is 1. The van der Waals surface area contributed by atoms with Gasteiger partial charge in [0.05, 0.1) is 10.7 Å². The summed E-state index contributed by atoms with van der Waals surface area (Å²) in [5.74, 6) is 0.450. The van der Waals surface area contributed by atoms with Gasteiger partial charge in [0, 0.05) is 31.4 Å².